The summed E-state index contributed by atoms with van der Waals surface area (Å²) >= 11 is 1.29. The van der Waals surface area contributed by atoms with E-state index < -0.39 is 17.8 Å². The van der Waals surface area contributed by atoms with Crippen LogP contribution in [0.2, 0.25) is 0 Å². The molecule has 0 saturated heterocycles. The minimum absolute atomic E-state index is 0.0104. The molecule has 9 heteroatoms. The number of fused-ring (bicyclic) bond motifs is 1. The van der Waals surface area contributed by atoms with E-state index in [1.807, 2.05) is 0 Å². The fraction of sp³-hybridized carbons (Fsp3) is 0.450. The summed E-state index contributed by atoms with van der Waals surface area (Å²) < 4.78 is 41.6. The molecule has 5 nitrogen and oxygen atoms in total. The number of nitrogens with zero attached hydrogens (tertiary/aromatic N) is 3. The van der Waals surface area contributed by atoms with E-state index in [2.05, 4.69) is 29.2 Å². The lowest BCUT2D eigenvalue weighted by atomic mass is 9.78. The summed E-state index contributed by atoms with van der Waals surface area (Å²) in [6.45, 7) is 4.25. The van der Waals surface area contributed by atoms with Gasteiger partial charge < -0.3 is 5.32 Å². The largest absolute Gasteiger partial charge is 0.433 e. The first kappa shape index (κ1) is 19.9. The first-order valence-electron chi connectivity index (χ1n) is 9.56. The molecule has 0 spiro atoms. The van der Waals surface area contributed by atoms with Gasteiger partial charge in [0, 0.05) is 6.04 Å². The van der Waals surface area contributed by atoms with E-state index in [4.69, 9.17) is 0 Å². The maximum atomic E-state index is 13.6. The highest BCUT2D eigenvalue weighted by Crippen LogP contribution is 2.34. The predicted octanol–water partition coefficient (Wildman–Crippen LogP) is 5.03. The molecular weight excluding hydrogens is 401 g/mol. The maximum Gasteiger partial charge on any atom is 0.433 e. The SMILES string of the molecule is C[C@@H]1[C@H](C)CCC[C@@H]1NC(=O)c1cnn2c(C(F)(F)F)cc(-c3cccs3)nc12. The maximum absolute atomic E-state index is 13.6. The molecule has 0 unspecified atom stereocenters. The van der Waals surface area contributed by atoms with Crippen LogP contribution in [0.3, 0.4) is 0 Å². The molecule has 1 aliphatic carbocycles. The van der Waals surface area contributed by atoms with Crippen LogP contribution in [0, 0.1) is 11.8 Å². The van der Waals surface area contributed by atoms with Gasteiger partial charge in [-0.25, -0.2) is 9.50 Å². The van der Waals surface area contributed by atoms with E-state index in [0.29, 0.717) is 21.2 Å². The van der Waals surface area contributed by atoms with Crippen LogP contribution in [-0.2, 0) is 6.18 Å². The van der Waals surface area contributed by atoms with Crippen molar-refractivity contribution in [2.24, 2.45) is 11.8 Å². The third kappa shape index (κ3) is 3.75. The Bertz CT molecular complexity index is 1030. The third-order valence-electron chi connectivity index (χ3n) is 5.80. The van der Waals surface area contributed by atoms with Crippen molar-refractivity contribution in [2.75, 3.05) is 0 Å². The molecule has 1 amide bonds. The zero-order valence-electron chi connectivity index (χ0n) is 16.0. The second-order valence-electron chi connectivity index (χ2n) is 7.64. The standard InChI is InChI=1S/C20H21F3N4OS/c1-11-5-3-6-14(12(11)2)26-19(28)13-10-24-27-17(20(21,22)23)9-15(25-18(13)27)16-7-4-8-29-16/h4,7-12,14H,3,5-6H2,1-2H3,(H,26,28)/t11-,12-,14+/m1/s1. The molecule has 1 fully saturated rings. The van der Waals surface area contributed by atoms with Gasteiger partial charge in [-0.2, -0.15) is 18.3 Å². The molecule has 154 valence electrons. The second-order valence-corrected chi connectivity index (χ2v) is 8.59. The van der Waals surface area contributed by atoms with Gasteiger partial charge in [0.2, 0.25) is 0 Å². The average molecular weight is 422 g/mol. The highest BCUT2D eigenvalue weighted by molar-refractivity contribution is 7.13. The van der Waals surface area contributed by atoms with Crippen LogP contribution in [-0.4, -0.2) is 26.5 Å². The van der Waals surface area contributed by atoms with Gasteiger partial charge in [0.1, 0.15) is 5.56 Å². The zero-order chi connectivity index (χ0) is 20.8. The Kier molecular flexibility index (Phi) is 5.10. The number of carbonyl (C=O) groups is 1. The first-order chi connectivity index (χ1) is 13.8. The molecule has 1 aliphatic rings. The molecule has 3 aromatic rings. The summed E-state index contributed by atoms with van der Waals surface area (Å²) in [5, 5.41) is 8.60. The van der Waals surface area contributed by atoms with E-state index in [-0.39, 0.29) is 22.9 Å². The van der Waals surface area contributed by atoms with Crippen LogP contribution in [0.25, 0.3) is 16.2 Å². The summed E-state index contributed by atoms with van der Waals surface area (Å²) in [5.41, 5.74) is -0.810. The Balaban J connectivity index is 1.75. The molecular formula is C20H21F3N4OS. The first-order valence-corrected chi connectivity index (χ1v) is 10.4. The number of hydrogen-bond acceptors (Lipinski definition) is 4. The number of amides is 1. The second kappa shape index (κ2) is 7.44. The Hall–Kier alpha value is -2.42. The summed E-state index contributed by atoms with van der Waals surface area (Å²) in [7, 11) is 0. The van der Waals surface area contributed by atoms with Crippen LogP contribution in [0.5, 0.6) is 0 Å². The third-order valence-corrected chi connectivity index (χ3v) is 6.70. The lowest BCUT2D eigenvalue weighted by molar-refractivity contribution is -0.142. The summed E-state index contributed by atoms with van der Waals surface area (Å²) in [6, 6.07) is 4.40. The van der Waals surface area contributed by atoms with Crippen LogP contribution < -0.4 is 5.32 Å². The Morgan fingerprint density at radius 3 is 2.79 bits per heavy atom. The van der Waals surface area contributed by atoms with Crippen LogP contribution in [0.1, 0.15) is 49.2 Å². The predicted molar refractivity (Wildman–Crippen MR) is 105 cm³/mol. The minimum Gasteiger partial charge on any atom is -0.349 e. The molecule has 0 aromatic carbocycles. The van der Waals surface area contributed by atoms with Gasteiger partial charge in [-0.3, -0.25) is 4.79 Å². The van der Waals surface area contributed by atoms with Crippen molar-refractivity contribution < 1.29 is 18.0 Å². The van der Waals surface area contributed by atoms with Crippen LogP contribution >= 0.6 is 11.3 Å². The van der Waals surface area contributed by atoms with Gasteiger partial charge in [0.05, 0.1) is 16.8 Å². The molecule has 3 atom stereocenters. The van der Waals surface area contributed by atoms with Crippen LogP contribution in [0.4, 0.5) is 13.2 Å². The molecule has 3 heterocycles. The molecule has 4 rings (SSSR count). The van der Waals surface area contributed by atoms with Crippen molar-refractivity contribution in [3.05, 3.63) is 41.0 Å². The van der Waals surface area contributed by atoms with Crippen molar-refractivity contribution in [2.45, 2.75) is 45.3 Å². The number of alkyl halides is 3. The van der Waals surface area contributed by atoms with E-state index in [9.17, 15) is 18.0 Å². The Morgan fingerprint density at radius 1 is 1.31 bits per heavy atom. The van der Waals surface area contributed by atoms with Crippen molar-refractivity contribution in [3.8, 4) is 10.6 Å². The van der Waals surface area contributed by atoms with E-state index >= 15 is 0 Å². The van der Waals surface area contributed by atoms with E-state index in [1.165, 1.54) is 17.5 Å². The van der Waals surface area contributed by atoms with Gasteiger partial charge in [-0.15, -0.1) is 11.3 Å². The van der Waals surface area contributed by atoms with Crippen LogP contribution in [0.15, 0.2) is 29.8 Å². The molecule has 0 aliphatic heterocycles. The molecule has 1 N–H and O–H groups in total. The lowest BCUT2D eigenvalue weighted by Crippen LogP contribution is -2.43. The van der Waals surface area contributed by atoms with Gasteiger partial charge in [0.25, 0.3) is 5.91 Å². The van der Waals surface area contributed by atoms with Crippen molar-refractivity contribution >= 4 is 22.9 Å². The number of halogens is 3. The fourth-order valence-corrected chi connectivity index (χ4v) is 4.59. The topological polar surface area (TPSA) is 59.3 Å². The highest BCUT2D eigenvalue weighted by atomic mass is 32.1. The number of hydrogen-bond donors (Lipinski definition) is 1. The number of aromatic nitrogens is 3. The fourth-order valence-electron chi connectivity index (χ4n) is 3.91. The quantitative estimate of drug-likeness (QED) is 0.644. The number of carbonyl (C=O) groups excluding carboxylic acids is 1. The Labute approximate surface area is 170 Å². The smallest absolute Gasteiger partial charge is 0.349 e. The minimum atomic E-state index is -4.62. The number of rotatable bonds is 3. The van der Waals surface area contributed by atoms with Gasteiger partial charge in [0.15, 0.2) is 11.3 Å². The average Bonchev–Trinajstić information content (AvgIpc) is 3.33. The van der Waals surface area contributed by atoms with Crippen molar-refractivity contribution in [1.82, 2.24) is 19.9 Å². The normalized spacial score (nSPS) is 22.7. The number of thiophene rings is 1. The zero-order valence-corrected chi connectivity index (χ0v) is 16.8. The van der Waals surface area contributed by atoms with Gasteiger partial charge in [-0.1, -0.05) is 32.8 Å². The van der Waals surface area contributed by atoms with E-state index in [1.54, 1.807) is 17.5 Å². The molecule has 0 radical (unpaired) electrons. The number of nitrogens with one attached hydrogen (secondary N) is 1. The molecule has 29 heavy (non-hydrogen) atoms. The highest BCUT2D eigenvalue weighted by Gasteiger charge is 2.36. The van der Waals surface area contributed by atoms with Gasteiger partial charge >= 0.3 is 6.18 Å². The summed E-state index contributed by atoms with van der Waals surface area (Å²) in [6.07, 6.45) is -0.463. The van der Waals surface area contributed by atoms with Gasteiger partial charge in [-0.05, 0) is 35.8 Å². The monoisotopic (exact) mass is 422 g/mol. The van der Waals surface area contributed by atoms with Crippen molar-refractivity contribution in [1.29, 1.82) is 0 Å². The summed E-state index contributed by atoms with van der Waals surface area (Å²) in [5.74, 6) is 0.350. The molecule has 0 bridgehead atoms. The van der Waals surface area contributed by atoms with E-state index in [0.717, 1.165) is 25.3 Å². The molecule has 3 aromatic heterocycles. The summed E-state index contributed by atoms with van der Waals surface area (Å²) in [4.78, 5) is 17.9. The molecule has 1 saturated carbocycles. The Morgan fingerprint density at radius 2 is 2.10 bits per heavy atom. The lowest BCUT2D eigenvalue weighted by Gasteiger charge is -2.34. The van der Waals surface area contributed by atoms with Crippen molar-refractivity contribution in [3.63, 3.8) is 0 Å².